The Hall–Kier alpha value is -1.68. The van der Waals surface area contributed by atoms with Crippen LogP contribution in [0.1, 0.15) is 24.3 Å². The molecule has 2 rings (SSSR count). The summed E-state index contributed by atoms with van der Waals surface area (Å²) in [6, 6.07) is 6.45. The molecule has 0 aliphatic carbocycles. The lowest BCUT2D eigenvalue weighted by molar-refractivity contribution is 0.199. The lowest BCUT2D eigenvalue weighted by Crippen LogP contribution is -2.01. The molecule has 0 aliphatic rings. The van der Waals surface area contributed by atoms with Crippen molar-refractivity contribution in [3.63, 3.8) is 0 Å². The molecule has 1 heterocycles. The minimum absolute atomic E-state index is 0.387. The average Bonchev–Trinajstić information content (AvgIpc) is 2.64. The molecular formula is C12H13FN2O. The number of aryl methyl sites for hydroxylation is 1. The molecule has 0 bridgehead atoms. The Kier molecular flexibility index (Phi) is 2.75. The predicted octanol–water partition coefficient (Wildman–Crippen LogP) is 2.37. The maximum atomic E-state index is 13.7. The smallest absolute Gasteiger partial charge is 0.149 e. The first-order valence-electron chi connectivity index (χ1n) is 5.08. The lowest BCUT2D eigenvalue weighted by Gasteiger charge is -2.08. The molecule has 1 atom stereocenters. The second-order valence-electron chi connectivity index (χ2n) is 3.79. The monoisotopic (exact) mass is 220 g/mol. The molecule has 1 aromatic heterocycles. The van der Waals surface area contributed by atoms with Crippen molar-refractivity contribution in [3.05, 3.63) is 47.5 Å². The summed E-state index contributed by atoms with van der Waals surface area (Å²) >= 11 is 0. The molecule has 2 aromatic rings. The molecule has 1 N–H and O–H groups in total. The SMILES string of the molecule is Cc1ccn(-c2ccc(C(C)O)cc2F)n1. The van der Waals surface area contributed by atoms with Crippen molar-refractivity contribution in [2.45, 2.75) is 20.0 Å². The van der Waals surface area contributed by atoms with Crippen LogP contribution in [0.5, 0.6) is 0 Å². The fraction of sp³-hybridized carbons (Fsp3) is 0.250. The summed E-state index contributed by atoms with van der Waals surface area (Å²) in [5.74, 6) is -0.387. The highest BCUT2D eigenvalue weighted by atomic mass is 19.1. The first-order valence-corrected chi connectivity index (χ1v) is 5.08. The molecule has 0 fully saturated rings. The van der Waals surface area contributed by atoms with Gasteiger partial charge in [-0.05, 0) is 37.6 Å². The van der Waals surface area contributed by atoms with Gasteiger partial charge in [0.1, 0.15) is 11.5 Å². The number of hydrogen-bond acceptors (Lipinski definition) is 2. The molecule has 0 aliphatic heterocycles. The topological polar surface area (TPSA) is 38.0 Å². The molecule has 0 spiro atoms. The van der Waals surface area contributed by atoms with Crippen LogP contribution < -0.4 is 0 Å². The fourth-order valence-corrected chi connectivity index (χ4v) is 1.52. The van der Waals surface area contributed by atoms with E-state index in [0.29, 0.717) is 11.3 Å². The van der Waals surface area contributed by atoms with E-state index in [2.05, 4.69) is 5.10 Å². The summed E-state index contributed by atoms with van der Waals surface area (Å²) in [7, 11) is 0. The van der Waals surface area contributed by atoms with Crippen molar-refractivity contribution in [1.82, 2.24) is 9.78 Å². The summed E-state index contributed by atoms with van der Waals surface area (Å²) in [5.41, 5.74) is 1.78. The van der Waals surface area contributed by atoms with Gasteiger partial charge in [0.2, 0.25) is 0 Å². The number of aliphatic hydroxyl groups excluding tert-OH is 1. The molecular weight excluding hydrogens is 207 g/mol. The van der Waals surface area contributed by atoms with Gasteiger partial charge in [-0.25, -0.2) is 9.07 Å². The second kappa shape index (κ2) is 4.06. The van der Waals surface area contributed by atoms with Gasteiger partial charge in [-0.1, -0.05) is 6.07 Å². The molecule has 0 saturated carbocycles. The predicted molar refractivity (Wildman–Crippen MR) is 58.9 cm³/mol. The number of rotatable bonds is 2. The van der Waals surface area contributed by atoms with Gasteiger partial charge in [0, 0.05) is 6.20 Å². The van der Waals surface area contributed by atoms with Gasteiger partial charge < -0.3 is 5.11 Å². The van der Waals surface area contributed by atoms with Crippen LogP contribution in [0.4, 0.5) is 4.39 Å². The van der Waals surface area contributed by atoms with Gasteiger partial charge in [-0.3, -0.25) is 0 Å². The Morgan fingerprint density at radius 1 is 1.38 bits per heavy atom. The summed E-state index contributed by atoms with van der Waals surface area (Å²) in [5, 5.41) is 13.5. The van der Waals surface area contributed by atoms with Gasteiger partial charge in [-0.15, -0.1) is 0 Å². The van der Waals surface area contributed by atoms with Gasteiger partial charge in [0.05, 0.1) is 11.8 Å². The van der Waals surface area contributed by atoms with Crippen molar-refractivity contribution >= 4 is 0 Å². The number of aromatic nitrogens is 2. The Morgan fingerprint density at radius 2 is 2.12 bits per heavy atom. The summed E-state index contributed by atoms with van der Waals surface area (Å²) < 4.78 is 15.2. The molecule has 1 unspecified atom stereocenters. The summed E-state index contributed by atoms with van der Waals surface area (Å²) in [4.78, 5) is 0. The van der Waals surface area contributed by atoms with Crippen molar-refractivity contribution in [3.8, 4) is 5.69 Å². The fourth-order valence-electron chi connectivity index (χ4n) is 1.52. The maximum absolute atomic E-state index is 13.7. The van der Waals surface area contributed by atoms with Gasteiger partial charge in [0.15, 0.2) is 0 Å². The molecule has 0 saturated heterocycles. The van der Waals surface area contributed by atoms with Crippen LogP contribution >= 0.6 is 0 Å². The Morgan fingerprint density at radius 3 is 2.62 bits per heavy atom. The van der Waals surface area contributed by atoms with Crippen molar-refractivity contribution in [2.24, 2.45) is 0 Å². The van der Waals surface area contributed by atoms with E-state index < -0.39 is 6.10 Å². The quantitative estimate of drug-likeness (QED) is 0.843. The van der Waals surface area contributed by atoms with Gasteiger partial charge >= 0.3 is 0 Å². The van der Waals surface area contributed by atoms with Crippen LogP contribution in [-0.2, 0) is 0 Å². The number of aliphatic hydroxyl groups is 1. The highest BCUT2D eigenvalue weighted by molar-refractivity contribution is 5.36. The Labute approximate surface area is 93.2 Å². The van der Waals surface area contributed by atoms with Crippen LogP contribution in [0.3, 0.4) is 0 Å². The maximum Gasteiger partial charge on any atom is 0.149 e. The van der Waals surface area contributed by atoms with Crippen LogP contribution in [0, 0.1) is 12.7 Å². The molecule has 0 amide bonds. The second-order valence-corrected chi connectivity index (χ2v) is 3.79. The highest BCUT2D eigenvalue weighted by Gasteiger charge is 2.08. The van der Waals surface area contributed by atoms with E-state index in [1.807, 2.05) is 13.0 Å². The zero-order valence-corrected chi connectivity index (χ0v) is 9.18. The van der Waals surface area contributed by atoms with E-state index in [1.165, 1.54) is 10.7 Å². The van der Waals surface area contributed by atoms with Crippen molar-refractivity contribution < 1.29 is 9.50 Å². The van der Waals surface area contributed by atoms with E-state index in [4.69, 9.17) is 0 Å². The van der Waals surface area contributed by atoms with E-state index >= 15 is 0 Å². The van der Waals surface area contributed by atoms with Crippen LogP contribution in [0.15, 0.2) is 30.5 Å². The van der Waals surface area contributed by atoms with E-state index in [1.54, 1.807) is 25.3 Å². The highest BCUT2D eigenvalue weighted by Crippen LogP contribution is 2.19. The third kappa shape index (κ3) is 1.97. The average molecular weight is 220 g/mol. The molecule has 16 heavy (non-hydrogen) atoms. The summed E-state index contributed by atoms with van der Waals surface area (Å²) in [6.45, 7) is 3.45. The molecule has 4 heteroatoms. The Bertz CT molecular complexity index is 505. The molecule has 0 radical (unpaired) electrons. The molecule has 84 valence electrons. The van der Waals surface area contributed by atoms with Gasteiger partial charge in [-0.2, -0.15) is 5.10 Å². The number of hydrogen-bond donors (Lipinski definition) is 1. The number of benzene rings is 1. The zero-order valence-electron chi connectivity index (χ0n) is 9.18. The van der Waals surface area contributed by atoms with Crippen LogP contribution in [0.25, 0.3) is 5.69 Å². The van der Waals surface area contributed by atoms with E-state index in [9.17, 15) is 9.50 Å². The van der Waals surface area contributed by atoms with Crippen LogP contribution in [-0.4, -0.2) is 14.9 Å². The number of halogens is 1. The molecule has 1 aromatic carbocycles. The van der Waals surface area contributed by atoms with Crippen molar-refractivity contribution in [1.29, 1.82) is 0 Å². The minimum Gasteiger partial charge on any atom is -0.389 e. The molecule has 3 nitrogen and oxygen atoms in total. The standard InChI is InChI=1S/C12H13FN2O/c1-8-5-6-15(14-8)12-4-3-10(9(2)16)7-11(12)13/h3-7,9,16H,1-2H3. The Balaban J connectivity index is 2.44. The number of nitrogens with zero attached hydrogens (tertiary/aromatic N) is 2. The third-order valence-corrected chi connectivity index (χ3v) is 2.42. The van der Waals surface area contributed by atoms with E-state index in [0.717, 1.165) is 5.69 Å². The largest absolute Gasteiger partial charge is 0.389 e. The van der Waals surface area contributed by atoms with Crippen molar-refractivity contribution in [2.75, 3.05) is 0 Å². The third-order valence-electron chi connectivity index (χ3n) is 2.42. The minimum atomic E-state index is -0.664. The van der Waals surface area contributed by atoms with E-state index in [-0.39, 0.29) is 5.82 Å². The first kappa shape index (κ1) is 10.8. The first-order chi connectivity index (χ1) is 7.58. The summed E-state index contributed by atoms with van der Waals surface area (Å²) in [6.07, 6.45) is 1.04. The van der Waals surface area contributed by atoms with Crippen LogP contribution in [0.2, 0.25) is 0 Å². The van der Waals surface area contributed by atoms with Gasteiger partial charge in [0.25, 0.3) is 0 Å². The zero-order chi connectivity index (χ0) is 11.7. The normalized spacial score (nSPS) is 12.8. The lowest BCUT2D eigenvalue weighted by atomic mass is 10.1.